The number of sulfone groups is 1. The van der Waals surface area contributed by atoms with Crippen LogP contribution >= 0.6 is 0 Å². The Kier molecular flexibility index (Phi) is 5.22. The summed E-state index contributed by atoms with van der Waals surface area (Å²) in [7, 11) is -3.03. The quantitative estimate of drug-likeness (QED) is 0.821. The fraction of sp³-hybridized carbons (Fsp3) is 0.500. The minimum atomic E-state index is -4.37. The topological polar surface area (TPSA) is 46.2 Å². The largest absolute Gasteiger partial charge is 0.416 e. The molecule has 0 saturated carbocycles. The lowest BCUT2D eigenvalue weighted by molar-refractivity contribution is -0.137. The van der Waals surface area contributed by atoms with Crippen LogP contribution in [0.5, 0.6) is 0 Å². The van der Waals surface area contributed by atoms with E-state index in [4.69, 9.17) is 0 Å². The summed E-state index contributed by atoms with van der Waals surface area (Å²) < 4.78 is 59.8. The summed E-state index contributed by atoms with van der Waals surface area (Å²) in [4.78, 5) is 0. The summed E-state index contributed by atoms with van der Waals surface area (Å²) in [6, 6.07) is 4.83. The van der Waals surface area contributed by atoms with Crippen LogP contribution in [0.4, 0.5) is 18.9 Å². The van der Waals surface area contributed by atoms with Crippen molar-refractivity contribution in [1.82, 2.24) is 0 Å². The first kappa shape index (κ1) is 15.8. The first-order valence-corrected chi connectivity index (χ1v) is 7.68. The van der Waals surface area contributed by atoms with Crippen LogP contribution in [-0.4, -0.2) is 26.5 Å². The van der Waals surface area contributed by atoms with Crippen LogP contribution < -0.4 is 5.32 Å². The van der Waals surface area contributed by atoms with Crippen LogP contribution in [0.1, 0.15) is 18.9 Å². The van der Waals surface area contributed by atoms with E-state index < -0.39 is 21.6 Å². The molecule has 0 amide bonds. The molecular formula is C12H16F3NO2S. The standard InChI is InChI=1S/C12H16F3NO2S/c1-2-19(17,18)8-4-7-16-11-6-3-5-10(9-11)12(13,14)15/h3,5-6,9,16H,2,4,7-8H2,1H3. The molecule has 1 aromatic carbocycles. The Bertz CT molecular complexity index is 512. The second-order valence-corrected chi connectivity index (χ2v) is 6.57. The van der Waals surface area contributed by atoms with E-state index in [2.05, 4.69) is 5.32 Å². The molecule has 0 atom stereocenters. The zero-order valence-corrected chi connectivity index (χ0v) is 11.3. The molecule has 108 valence electrons. The van der Waals surface area contributed by atoms with Crippen LogP contribution in [0.3, 0.4) is 0 Å². The van der Waals surface area contributed by atoms with Gasteiger partial charge in [0.2, 0.25) is 0 Å². The first-order valence-electron chi connectivity index (χ1n) is 5.86. The van der Waals surface area contributed by atoms with E-state index in [1.807, 2.05) is 0 Å². The van der Waals surface area contributed by atoms with Gasteiger partial charge in [0.25, 0.3) is 0 Å². The van der Waals surface area contributed by atoms with Crippen LogP contribution in [0, 0.1) is 0 Å². The van der Waals surface area contributed by atoms with Gasteiger partial charge >= 0.3 is 6.18 Å². The molecule has 1 rings (SSSR count). The Balaban J connectivity index is 2.51. The molecule has 0 unspecified atom stereocenters. The summed E-state index contributed by atoms with van der Waals surface area (Å²) in [5.41, 5.74) is -0.387. The van der Waals surface area contributed by atoms with Crippen molar-refractivity contribution in [1.29, 1.82) is 0 Å². The minimum Gasteiger partial charge on any atom is -0.385 e. The van der Waals surface area contributed by atoms with Crippen molar-refractivity contribution >= 4 is 15.5 Å². The van der Waals surface area contributed by atoms with E-state index in [-0.39, 0.29) is 11.5 Å². The molecule has 0 aromatic heterocycles. The normalized spacial score (nSPS) is 12.4. The van der Waals surface area contributed by atoms with E-state index >= 15 is 0 Å². The molecule has 0 fully saturated rings. The van der Waals surface area contributed by atoms with E-state index in [0.717, 1.165) is 12.1 Å². The zero-order chi connectivity index (χ0) is 14.5. The molecule has 0 aliphatic rings. The van der Waals surface area contributed by atoms with E-state index in [9.17, 15) is 21.6 Å². The summed E-state index contributed by atoms with van der Waals surface area (Å²) in [5.74, 6) is 0.117. The number of halogens is 3. The molecule has 7 heteroatoms. The number of hydrogen-bond acceptors (Lipinski definition) is 3. The summed E-state index contributed by atoms with van der Waals surface area (Å²) in [6.45, 7) is 1.89. The summed E-state index contributed by atoms with van der Waals surface area (Å²) in [5, 5.41) is 2.79. The number of hydrogen-bond donors (Lipinski definition) is 1. The molecule has 0 heterocycles. The van der Waals surface area contributed by atoms with Crippen LogP contribution in [0.2, 0.25) is 0 Å². The van der Waals surface area contributed by atoms with Gasteiger partial charge in [0, 0.05) is 18.0 Å². The maximum Gasteiger partial charge on any atom is 0.416 e. The van der Waals surface area contributed by atoms with Gasteiger partial charge in [-0.15, -0.1) is 0 Å². The number of rotatable bonds is 6. The molecule has 0 spiro atoms. The molecule has 19 heavy (non-hydrogen) atoms. The monoisotopic (exact) mass is 295 g/mol. The van der Waals surface area contributed by atoms with Gasteiger partial charge in [0.1, 0.15) is 9.84 Å². The smallest absolute Gasteiger partial charge is 0.385 e. The van der Waals surface area contributed by atoms with Crippen molar-refractivity contribution in [3.05, 3.63) is 29.8 Å². The van der Waals surface area contributed by atoms with Crippen molar-refractivity contribution in [2.45, 2.75) is 19.5 Å². The van der Waals surface area contributed by atoms with Gasteiger partial charge in [-0.1, -0.05) is 13.0 Å². The van der Waals surface area contributed by atoms with Crippen molar-refractivity contribution in [2.24, 2.45) is 0 Å². The lowest BCUT2D eigenvalue weighted by Crippen LogP contribution is -2.13. The van der Waals surface area contributed by atoms with Gasteiger partial charge in [-0.2, -0.15) is 13.2 Å². The third-order valence-corrected chi connectivity index (χ3v) is 4.38. The van der Waals surface area contributed by atoms with Gasteiger partial charge in [-0.3, -0.25) is 0 Å². The fourth-order valence-corrected chi connectivity index (χ4v) is 2.35. The van der Waals surface area contributed by atoms with Crippen molar-refractivity contribution in [3.8, 4) is 0 Å². The van der Waals surface area contributed by atoms with E-state index in [0.29, 0.717) is 18.7 Å². The van der Waals surface area contributed by atoms with Crippen LogP contribution in [-0.2, 0) is 16.0 Å². The third-order valence-electron chi connectivity index (χ3n) is 2.59. The number of alkyl halides is 3. The predicted octanol–water partition coefficient (Wildman–Crippen LogP) is 2.94. The molecular weight excluding hydrogens is 279 g/mol. The Morgan fingerprint density at radius 2 is 1.95 bits per heavy atom. The van der Waals surface area contributed by atoms with Crippen molar-refractivity contribution in [3.63, 3.8) is 0 Å². The molecule has 1 N–H and O–H groups in total. The highest BCUT2D eigenvalue weighted by Gasteiger charge is 2.30. The summed E-state index contributed by atoms with van der Waals surface area (Å²) >= 11 is 0. The molecule has 0 radical (unpaired) electrons. The molecule has 1 aromatic rings. The zero-order valence-electron chi connectivity index (χ0n) is 10.5. The summed E-state index contributed by atoms with van der Waals surface area (Å²) in [6.07, 6.45) is -4.00. The molecule has 0 aliphatic carbocycles. The van der Waals surface area contributed by atoms with Gasteiger partial charge in [-0.05, 0) is 24.6 Å². The average molecular weight is 295 g/mol. The molecule has 0 bridgehead atoms. The first-order chi connectivity index (χ1) is 8.74. The predicted molar refractivity (Wildman–Crippen MR) is 68.9 cm³/mol. The highest BCUT2D eigenvalue weighted by atomic mass is 32.2. The lowest BCUT2D eigenvalue weighted by Gasteiger charge is -2.10. The maximum atomic E-state index is 12.5. The SMILES string of the molecule is CCS(=O)(=O)CCCNc1cccc(C(F)(F)F)c1. The Morgan fingerprint density at radius 1 is 1.26 bits per heavy atom. The maximum absolute atomic E-state index is 12.5. The van der Waals surface area contributed by atoms with E-state index in [1.54, 1.807) is 6.92 Å². The molecule has 3 nitrogen and oxygen atoms in total. The Labute approximate surface area is 110 Å². The van der Waals surface area contributed by atoms with Gasteiger partial charge in [0.05, 0.1) is 11.3 Å². The number of benzene rings is 1. The Morgan fingerprint density at radius 3 is 2.53 bits per heavy atom. The highest BCUT2D eigenvalue weighted by molar-refractivity contribution is 7.91. The number of anilines is 1. The van der Waals surface area contributed by atoms with Crippen molar-refractivity contribution < 1.29 is 21.6 Å². The second kappa shape index (κ2) is 6.27. The Hall–Kier alpha value is -1.24. The lowest BCUT2D eigenvalue weighted by atomic mass is 10.2. The average Bonchev–Trinajstić information content (AvgIpc) is 2.34. The molecule has 0 saturated heterocycles. The minimum absolute atomic E-state index is 0.0372. The van der Waals surface area contributed by atoms with E-state index in [1.165, 1.54) is 12.1 Å². The fourth-order valence-electron chi connectivity index (χ4n) is 1.47. The molecule has 0 aliphatic heterocycles. The van der Waals surface area contributed by atoms with Crippen LogP contribution in [0.15, 0.2) is 24.3 Å². The number of nitrogens with one attached hydrogen (secondary N) is 1. The van der Waals surface area contributed by atoms with Gasteiger partial charge < -0.3 is 5.32 Å². The second-order valence-electron chi connectivity index (χ2n) is 4.10. The van der Waals surface area contributed by atoms with Gasteiger partial charge in [0.15, 0.2) is 0 Å². The van der Waals surface area contributed by atoms with Crippen molar-refractivity contribution in [2.75, 3.05) is 23.4 Å². The highest BCUT2D eigenvalue weighted by Crippen LogP contribution is 2.30. The van der Waals surface area contributed by atoms with Gasteiger partial charge in [-0.25, -0.2) is 8.42 Å². The third kappa shape index (κ3) is 5.50. The van der Waals surface area contributed by atoms with Crippen LogP contribution in [0.25, 0.3) is 0 Å².